The third-order valence-corrected chi connectivity index (χ3v) is 29.5. The van der Waals surface area contributed by atoms with Gasteiger partial charge in [-0.15, -0.1) is 0 Å². The van der Waals surface area contributed by atoms with Gasteiger partial charge in [0.2, 0.25) is 0 Å². The molecule has 2 heteroatoms. The Kier molecular flexibility index (Phi) is 18.0. The molecule has 0 aliphatic heterocycles. The van der Waals surface area contributed by atoms with E-state index >= 15 is 0 Å². The Morgan fingerprint density at radius 3 is 0.625 bits per heavy atom. The van der Waals surface area contributed by atoms with Crippen LogP contribution in [0, 0.1) is 27.7 Å². The number of rotatable bonds is 14. The minimum Gasteiger partial charge on any atom is -0.309 e. The summed E-state index contributed by atoms with van der Waals surface area (Å²) < 4.78 is 0. The topological polar surface area (TPSA) is 6.48 Å². The van der Waals surface area contributed by atoms with Gasteiger partial charge in [-0.25, -0.2) is 0 Å². The predicted octanol–water partition coefficient (Wildman–Crippen LogP) is 34.7. The minimum absolute atomic E-state index is 0.0513. The van der Waals surface area contributed by atoms with Crippen molar-refractivity contribution in [3.63, 3.8) is 0 Å². The molecule has 0 atom stereocenters. The molecular weight excluding hydrogens is 1540 g/mol. The van der Waals surface area contributed by atoms with Crippen LogP contribution in [0.5, 0.6) is 0 Å². The van der Waals surface area contributed by atoms with E-state index in [2.05, 4.69) is 481 Å². The Morgan fingerprint density at radius 1 is 0.156 bits per heavy atom. The van der Waals surface area contributed by atoms with Gasteiger partial charge < -0.3 is 9.80 Å². The fraction of sp³-hybridized carbons (Fsp3) is 0.127. The van der Waals surface area contributed by atoms with E-state index in [1.54, 1.807) is 0 Å². The van der Waals surface area contributed by atoms with Crippen LogP contribution in [-0.2, 0) is 21.7 Å². The SMILES string of the molecule is Cc1cc(-c2ccc3c(c2)C(C)(C)c2cc(-c4ccc5c(c4)C(C)(C)c4ccccc4-5)ccc2-3)cc(C)c1-c1ccc(-c2ccc(N(c3ccc(-c4ccc(-c5c(C)cc(-c6ccc7c(c6)C(C)(C)c6cc(-c8ccc9c(c8)C(C)(C)c8ccccc8-9)ccc6-7)cc5C)cc4)cc3)c3c4ccccc4c(N(c4ccccc4)c4ccccc4)c4ccccc34)cc2)cc1. The van der Waals surface area contributed by atoms with Crippen LogP contribution in [0.15, 0.2) is 388 Å². The molecule has 19 aromatic carbocycles. The van der Waals surface area contributed by atoms with E-state index in [0.29, 0.717) is 0 Å². The molecule has 0 unspecified atom stereocenters. The van der Waals surface area contributed by atoms with E-state index in [4.69, 9.17) is 0 Å². The van der Waals surface area contributed by atoms with Gasteiger partial charge in [0, 0.05) is 66.0 Å². The second kappa shape index (κ2) is 29.5. The number of aryl methyl sites for hydroxylation is 4. The second-order valence-corrected chi connectivity index (χ2v) is 38.5. The first-order valence-electron chi connectivity index (χ1n) is 45.5. The Bertz CT molecular complexity index is 7280. The number of hydrogen-bond acceptors (Lipinski definition) is 2. The zero-order valence-electron chi connectivity index (χ0n) is 74.8. The van der Waals surface area contributed by atoms with Crippen molar-refractivity contribution in [3.8, 4) is 134 Å². The fourth-order valence-electron chi connectivity index (χ4n) is 22.9. The van der Waals surface area contributed by atoms with Crippen LogP contribution in [0.25, 0.3) is 155 Å². The first-order chi connectivity index (χ1) is 62.1. The number of benzene rings is 19. The third-order valence-electron chi connectivity index (χ3n) is 29.5. The van der Waals surface area contributed by atoms with Gasteiger partial charge in [-0.2, -0.15) is 0 Å². The Hall–Kier alpha value is -14.7. The first kappa shape index (κ1) is 78.1. The maximum absolute atomic E-state index is 2.50. The molecule has 0 aromatic heterocycles. The summed E-state index contributed by atoms with van der Waals surface area (Å²) in [6.45, 7) is 28.3. The average molecular weight is 1640 g/mol. The normalized spacial score (nSPS) is 14.0. The molecule has 0 spiro atoms. The van der Waals surface area contributed by atoms with E-state index in [1.165, 1.54) is 178 Å². The van der Waals surface area contributed by atoms with Gasteiger partial charge in [0.05, 0.1) is 11.4 Å². The van der Waals surface area contributed by atoms with Crippen molar-refractivity contribution in [2.24, 2.45) is 0 Å². The largest absolute Gasteiger partial charge is 0.309 e. The zero-order chi connectivity index (χ0) is 87.0. The van der Waals surface area contributed by atoms with E-state index in [-0.39, 0.29) is 21.7 Å². The van der Waals surface area contributed by atoms with Gasteiger partial charge in [0.1, 0.15) is 0 Å². The van der Waals surface area contributed by atoms with Crippen LogP contribution in [0.2, 0.25) is 0 Å². The van der Waals surface area contributed by atoms with Crippen LogP contribution in [0.3, 0.4) is 0 Å². The van der Waals surface area contributed by atoms with Gasteiger partial charge in [-0.05, 0) is 313 Å². The van der Waals surface area contributed by atoms with E-state index in [0.717, 1.165) is 77.9 Å². The van der Waals surface area contributed by atoms with Gasteiger partial charge in [0.15, 0.2) is 0 Å². The molecule has 0 saturated heterocycles. The van der Waals surface area contributed by atoms with Gasteiger partial charge >= 0.3 is 0 Å². The van der Waals surface area contributed by atoms with Crippen LogP contribution in [0.1, 0.15) is 122 Å². The molecule has 0 heterocycles. The quantitative estimate of drug-likeness (QED) is 0.0791. The average Bonchev–Trinajstić information content (AvgIpc) is 1.65. The van der Waals surface area contributed by atoms with Crippen LogP contribution in [0.4, 0.5) is 34.1 Å². The lowest BCUT2D eigenvalue weighted by Crippen LogP contribution is -2.15. The summed E-state index contributed by atoms with van der Waals surface area (Å²) in [5.74, 6) is 0. The molecular formula is C126H100N2. The molecule has 0 saturated carbocycles. The highest BCUT2D eigenvalue weighted by Crippen LogP contribution is 2.58. The number of nitrogens with zero attached hydrogens (tertiary/aromatic N) is 2. The van der Waals surface area contributed by atoms with E-state index in [9.17, 15) is 0 Å². The van der Waals surface area contributed by atoms with Crippen molar-refractivity contribution in [2.75, 3.05) is 9.80 Å². The summed E-state index contributed by atoms with van der Waals surface area (Å²) in [7, 11) is 0. The highest BCUT2D eigenvalue weighted by atomic mass is 15.2. The van der Waals surface area contributed by atoms with Crippen molar-refractivity contribution in [2.45, 2.75) is 105 Å². The Morgan fingerprint density at radius 2 is 0.352 bits per heavy atom. The molecule has 0 radical (unpaired) electrons. The smallest absolute Gasteiger partial charge is 0.0619 e. The summed E-state index contributed by atoms with van der Waals surface area (Å²) in [5.41, 5.74) is 52.8. The molecule has 23 rings (SSSR count). The predicted molar refractivity (Wildman–Crippen MR) is 544 cm³/mol. The monoisotopic (exact) mass is 1640 g/mol. The van der Waals surface area contributed by atoms with Gasteiger partial charge in [-0.1, -0.05) is 359 Å². The molecule has 2 nitrogen and oxygen atoms in total. The van der Waals surface area contributed by atoms with Crippen LogP contribution in [-0.4, -0.2) is 0 Å². The number of anilines is 6. The molecule has 19 aromatic rings. The van der Waals surface area contributed by atoms with E-state index < -0.39 is 0 Å². The van der Waals surface area contributed by atoms with E-state index in [1.807, 2.05) is 0 Å². The lowest BCUT2D eigenvalue weighted by Gasteiger charge is -2.33. The summed E-state index contributed by atoms with van der Waals surface area (Å²) in [4.78, 5) is 4.93. The van der Waals surface area contributed by atoms with Gasteiger partial charge in [-0.3, -0.25) is 0 Å². The standard InChI is InChI=1S/C126H100N2/c1-77-67-93(91-55-65-105-103-63-53-89(73-115(103)125(9,10)117(105)75-91)87-51-61-101-99-31-23-25-37-111(99)123(5,6)113(101)71-87)68-78(2)119(77)85-43-39-81(40-44-85)83-47-57-97(58-48-83)128(122-109-35-21-19-33-107(109)121(108-34-20-22-36-110(108)122)127(95-27-15-13-16-28-95)96-29-17-14-18-30-96)98-59-49-84(50-60-98)82-41-45-86(46-42-82)120-79(3)69-94(70-80(120)4)92-56-66-106-104-64-54-90(74-116(104)126(11,12)118(106)76-92)88-52-62-102-100-32-24-26-38-112(100)124(7,8)114(102)72-88/h13-76H,1-12H3. The highest BCUT2D eigenvalue weighted by molar-refractivity contribution is 6.23. The third kappa shape index (κ3) is 12.3. The molecule has 0 fully saturated rings. The van der Waals surface area contributed by atoms with Crippen molar-refractivity contribution < 1.29 is 0 Å². The molecule has 0 bridgehead atoms. The maximum Gasteiger partial charge on any atom is 0.0619 e. The lowest BCUT2D eigenvalue weighted by atomic mass is 9.80. The number of para-hydroxylation sites is 2. The molecule has 0 N–H and O–H groups in total. The number of fused-ring (bicyclic) bond motifs is 14. The van der Waals surface area contributed by atoms with Crippen molar-refractivity contribution >= 4 is 55.7 Å². The fourth-order valence-corrected chi connectivity index (χ4v) is 22.9. The number of hydrogen-bond donors (Lipinski definition) is 0. The van der Waals surface area contributed by atoms with Crippen LogP contribution < -0.4 is 9.80 Å². The highest BCUT2D eigenvalue weighted by Gasteiger charge is 2.41. The molecule has 4 aliphatic rings. The minimum atomic E-state index is -0.177. The van der Waals surface area contributed by atoms with Crippen molar-refractivity contribution in [1.29, 1.82) is 0 Å². The Balaban J connectivity index is 0.536. The van der Waals surface area contributed by atoms with Crippen molar-refractivity contribution in [1.82, 2.24) is 0 Å². The molecule has 0 amide bonds. The Labute approximate surface area is 753 Å². The van der Waals surface area contributed by atoms with Crippen molar-refractivity contribution in [3.05, 3.63) is 455 Å². The summed E-state index contributed by atoms with van der Waals surface area (Å²) >= 11 is 0. The maximum atomic E-state index is 2.50. The molecule has 128 heavy (non-hydrogen) atoms. The lowest BCUT2D eigenvalue weighted by molar-refractivity contribution is 0.659. The first-order valence-corrected chi connectivity index (χ1v) is 45.5. The molecule has 4 aliphatic carbocycles. The zero-order valence-corrected chi connectivity index (χ0v) is 74.8. The summed E-state index contributed by atoms with van der Waals surface area (Å²) in [6.07, 6.45) is 0. The molecule has 614 valence electrons. The van der Waals surface area contributed by atoms with Crippen LogP contribution >= 0.6 is 0 Å². The summed E-state index contributed by atoms with van der Waals surface area (Å²) in [5, 5.41) is 4.60. The summed E-state index contributed by atoms with van der Waals surface area (Å²) in [6, 6.07) is 147. The second-order valence-electron chi connectivity index (χ2n) is 38.5. The van der Waals surface area contributed by atoms with Gasteiger partial charge in [0.25, 0.3) is 0 Å².